The summed E-state index contributed by atoms with van der Waals surface area (Å²) in [6, 6.07) is 5.28. The van der Waals surface area contributed by atoms with Crippen LogP contribution in [0.15, 0.2) is 22.7 Å². The lowest BCUT2D eigenvalue weighted by Crippen LogP contribution is -2.22. The first-order valence-corrected chi connectivity index (χ1v) is 7.17. The van der Waals surface area contributed by atoms with Crippen LogP contribution in [0.5, 0.6) is 0 Å². The summed E-state index contributed by atoms with van der Waals surface area (Å²) in [5.41, 5.74) is 0.769. The second-order valence-corrected chi connectivity index (χ2v) is 5.10. The van der Waals surface area contributed by atoms with E-state index in [9.17, 15) is 4.39 Å². The topological polar surface area (TPSA) is 12.0 Å². The monoisotopic (exact) mass is 301 g/mol. The molecule has 0 amide bonds. The van der Waals surface area contributed by atoms with Gasteiger partial charge in [0.15, 0.2) is 0 Å². The standard InChI is InChI=1S/C14H21BrFN/c1-3-5-6-10-13(17-4-2)14-11(15)8-7-9-12(14)16/h7-9,13,17H,3-6,10H2,1-2H3. The van der Waals surface area contributed by atoms with Crippen molar-refractivity contribution < 1.29 is 4.39 Å². The number of benzene rings is 1. The maximum atomic E-state index is 13.9. The number of nitrogens with one attached hydrogen (secondary N) is 1. The molecule has 0 aromatic heterocycles. The highest BCUT2D eigenvalue weighted by Crippen LogP contribution is 2.29. The number of unbranched alkanes of at least 4 members (excludes halogenated alkanes) is 2. The number of hydrogen-bond donors (Lipinski definition) is 1. The van der Waals surface area contributed by atoms with Crippen LogP contribution in [0.25, 0.3) is 0 Å². The lowest BCUT2D eigenvalue weighted by atomic mass is 10.00. The van der Waals surface area contributed by atoms with Gasteiger partial charge in [-0.3, -0.25) is 0 Å². The van der Waals surface area contributed by atoms with Crippen molar-refractivity contribution in [3.63, 3.8) is 0 Å². The van der Waals surface area contributed by atoms with E-state index < -0.39 is 0 Å². The Morgan fingerprint density at radius 3 is 2.65 bits per heavy atom. The quantitative estimate of drug-likeness (QED) is 0.712. The molecule has 0 heterocycles. The minimum atomic E-state index is -0.123. The maximum absolute atomic E-state index is 13.9. The molecule has 0 saturated carbocycles. The Bertz CT molecular complexity index is 321. The summed E-state index contributed by atoms with van der Waals surface area (Å²) in [6.45, 7) is 5.10. The normalized spacial score (nSPS) is 12.7. The van der Waals surface area contributed by atoms with E-state index in [0.29, 0.717) is 0 Å². The van der Waals surface area contributed by atoms with E-state index in [4.69, 9.17) is 0 Å². The molecular formula is C14H21BrFN. The van der Waals surface area contributed by atoms with E-state index in [0.717, 1.165) is 29.4 Å². The largest absolute Gasteiger partial charge is 0.310 e. The Morgan fingerprint density at radius 1 is 1.29 bits per heavy atom. The van der Waals surface area contributed by atoms with Crippen molar-refractivity contribution in [1.29, 1.82) is 0 Å². The first-order chi connectivity index (χ1) is 8.20. The molecular weight excluding hydrogens is 281 g/mol. The molecule has 0 fully saturated rings. The molecule has 0 aliphatic rings. The summed E-state index contributed by atoms with van der Waals surface area (Å²) in [6.07, 6.45) is 4.52. The Labute approximate surface area is 112 Å². The molecule has 0 spiro atoms. The zero-order chi connectivity index (χ0) is 12.7. The molecule has 0 aliphatic heterocycles. The summed E-state index contributed by atoms with van der Waals surface area (Å²) < 4.78 is 14.7. The maximum Gasteiger partial charge on any atom is 0.129 e. The summed E-state index contributed by atoms with van der Waals surface area (Å²) in [7, 11) is 0. The van der Waals surface area contributed by atoms with E-state index in [2.05, 4.69) is 35.1 Å². The second-order valence-electron chi connectivity index (χ2n) is 4.24. The van der Waals surface area contributed by atoms with Gasteiger partial charge in [0, 0.05) is 16.1 Å². The zero-order valence-corrected chi connectivity index (χ0v) is 12.2. The lowest BCUT2D eigenvalue weighted by molar-refractivity contribution is 0.462. The van der Waals surface area contributed by atoms with Gasteiger partial charge in [0.25, 0.3) is 0 Å². The average Bonchev–Trinajstić information content (AvgIpc) is 2.29. The molecule has 0 bridgehead atoms. The molecule has 1 atom stereocenters. The Morgan fingerprint density at radius 2 is 2.06 bits per heavy atom. The van der Waals surface area contributed by atoms with Crippen LogP contribution in [-0.2, 0) is 0 Å². The Kier molecular flexibility index (Phi) is 6.75. The van der Waals surface area contributed by atoms with Crippen LogP contribution in [0.1, 0.15) is 51.1 Å². The fourth-order valence-corrected chi connectivity index (χ4v) is 2.66. The van der Waals surface area contributed by atoms with Gasteiger partial charge in [-0.05, 0) is 25.1 Å². The third-order valence-electron chi connectivity index (χ3n) is 2.90. The van der Waals surface area contributed by atoms with Crippen molar-refractivity contribution in [1.82, 2.24) is 5.32 Å². The summed E-state index contributed by atoms with van der Waals surface area (Å²) in [5, 5.41) is 3.37. The lowest BCUT2D eigenvalue weighted by Gasteiger charge is -2.20. The number of halogens is 2. The fourth-order valence-electron chi connectivity index (χ4n) is 2.04. The fraction of sp³-hybridized carbons (Fsp3) is 0.571. The smallest absolute Gasteiger partial charge is 0.129 e. The first-order valence-electron chi connectivity index (χ1n) is 6.38. The summed E-state index contributed by atoms with van der Waals surface area (Å²) >= 11 is 3.45. The van der Waals surface area contributed by atoms with Crippen molar-refractivity contribution >= 4 is 15.9 Å². The van der Waals surface area contributed by atoms with Crippen molar-refractivity contribution in [3.8, 4) is 0 Å². The van der Waals surface area contributed by atoms with E-state index in [1.807, 2.05) is 6.07 Å². The van der Waals surface area contributed by atoms with Gasteiger partial charge in [-0.1, -0.05) is 55.1 Å². The van der Waals surface area contributed by atoms with Crippen molar-refractivity contribution in [2.75, 3.05) is 6.54 Å². The molecule has 0 aliphatic carbocycles. The number of hydrogen-bond acceptors (Lipinski definition) is 1. The van der Waals surface area contributed by atoms with Gasteiger partial charge in [0.05, 0.1) is 0 Å². The molecule has 0 saturated heterocycles. The molecule has 1 unspecified atom stereocenters. The highest BCUT2D eigenvalue weighted by atomic mass is 79.9. The van der Waals surface area contributed by atoms with Crippen LogP contribution in [0.4, 0.5) is 4.39 Å². The van der Waals surface area contributed by atoms with Crippen LogP contribution < -0.4 is 5.32 Å². The van der Waals surface area contributed by atoms with Gasteiger partial charge in [0.1, 0.15) is 5.82 Å². The predicted octanol–water partition coefficient (Wildman–Crippen LogP) is 4.82. The van der Waals surface area contributed by atoms with Gasteiger partial charge in [0.2, 0.25) is 0 Å². The third kappa shape index (κ3) is 4.40. The van der Waals surface area contributed by atoms with Crippen LogP contribution in [0, 0.1) is 5.82 Å². The highest BCUT2D eigenvalue weighted by Gasteiger charge is 2.17. The van der Waals surface area contributed by atoms with Crippen LogP contribution in [-0.4, -0.2) is 6.54 Å². The van der Waals surface area contributed by atoms with E-state index in [-0.39, 0.29) is 11.9 Å². The van der Waals surface area contributed by atoms with Gasteiger partial charge in [-0.25, -0.2) is 4.39 Å². The zero-order valence-electron chi connectivity index (χ0n) is 10.6. The van der Waals surface area contributed by atoms with Crippen molar-refractivity contribution in [2.24, 2.45) is 0 Å². The van der Waals surface area contributed by atoms with Crippen LogP contribution in [0.3, 0.4) is 0 Å². The molecule has 1 aromatic carbocycles. The van der Waals surface area contributed by atoms with Gasteiger partial charge >= 0.3 is 0 Å². The first kappa shape index (κ1) is 14.7. The molecule has 1 nitrogen and oxygen atoms in total. The molecule has 1 aromatic rings. The van der Waals surface area contributed by atoms with Crippen LogP contribution in [0.2, 0.25) is 0 Å². The molecule has 1 rings (SSSR count). The highest BCUT2D eigenvalue weighted by molar-refractivity contribution is 9.10. The summed E-state index contributed by atoms with van der Waals surface area (Å²) in [4.78, 5) is 0. The predicted molar refractivity (Wildman–Crippen MR) is 74.7 cm³/mol. The number of rotatable bonds is 7. The van der Waals surface area contributed by atoms with Crippen molar-refractivity contribution in [2.45, 2.75) is 45.6 Å². The SMILES string of the molecule is CCCCCC(NCC)c1c(F)cccc1Br. The van der Waals surface area contributed by atoms with E-state index in [1.165, 1.54) is 18.9 Å². The Hall–Kier alpha value is -0.410. The van der Waals surface area contributed by atoms with E-state index in [1.54, 1.807) is 6.07 Å². The molecule has 1 N–H and O–H groups in total. The third-order valence-corrected chi connectivity index (χ3v) is 3.59. The molecule has 17 heavy (non-hydrogen) atoms. The van der Waals surface area contributed by atoms with Gasteiger partial charge in [-0.15, -0.1) is 0 Å². The minimum Gasteiger partial charge on any atom is -0.310 e. The van der Waals surface area contributed by atoms with E-state index >= 15 is 0 Å². The molecule has 0 radical (unpaired) electrons. The minimum absolute atomic E-state index is 0.113. The van der Waals surface area contributed by atoms with Gasteiger partial charge in [-0.2, -0.15) is 0 Å². The van der Waals surface area contributed by atoms with Crippen LogP contribution >= 0.6 is 15.9 Å². The molecule has 3 heteroatoms. The summed E-state index contributed by atoms with van der Waals surface area (Å²) in [5.74, 6) is -0.123. The van der Waals surface area contributed by atoms with Crippen molar-refractivity contribution in [3.05, 3.63) is 34.1 Å². The van der Waals surface area contributed by atoms with Gasteiger partial charge < -0.3 is 5.32 Å². The second kappa shape index (κ2) is 7.83. The Balaban J connectivity index is 2.81. The molecule has 96 valence electrons. The average molecular weight is 302 g/mol.